The van der Waals surface area contributed by atoms with Crippen molar-refractivity contribution in [3.8, 4) is 0 Å². The lowest BCUT2D eigenvalue weighted by Crippen LogP contribution is -2.11. The van der Waals surface area contributed by atoms with E-state index >= 15 is 0 Å². The van der Waals surface area contributed by atoms with E-state index in [9.17, 15) is 9.59 Å². The van der Waals surface area contributed by atoms with Crippen molar-refractivity contribution in [2.45, 2.75) is 13.0 Å². The lowest BCUT2D eigenvalue weighted by molar-refractivity contribution is -0.144. The third-order valence-corrected chi connectivity index (χ3v) is 3.41. The van der Waals surface area contributed by atoms with E-state index in [0.29, 0.717) is 5.56 Å². The molecule has 0 fully saturated rings. The van der Waals surface area contributed by atoms with Gasteiger partial charge in [0, 0.05) is 10.4 Å². The first-order valence-electron chi connectivity index (χ1n) is 5.72. The number of hydrogen-bond acceptors (Lipinski definition) is 4. The minimum atomic E-state index is -0.471. The Morgan fingerprint density at radius 1 is 1.16 bits per heavy atom. The van der Waals surface area contributed by atoms with Crippen LogP contribution in [0.5, 0.6) is 0 Å². The number of nitrogens with two attached hydrogens (primary N) is 1. The van der Waals surface area contributed by atoms with Crippen LogP contribution < -0.4 is 5.73 Å². The lowest BCUT2D eigenvalue weighted by atomic mass is 10.1. The highest BCUT2D eigenvalue weighted by molar-refractivity contribution is 7.10. The molecule has 2 rings (SSSR count). The number of primary amides is 1. The fourth-order valence-corrected chi connectivity index (χ4v) is 2.23. The molecule has 5 heteroatoms. The Bertz CT molecular complexity index is 561. The van der Waals surface area contributed by atoms with Gasteiger partial charge in [0.2, 0.25) is 5.91 Å². The molecule has 0 aliphatic carbocycles. The molecule has 0 aliphatic rings. The van der Waals surface area contributed by atoms with Crippen LogP contribution >= 0.6 is 11.3 Å². The summed E-state index contributed by atoms with van der Waals surface area (Å²) in [6.07, 6.45) is 0.289. The second-order valence-electron chi connectivity index (χ2n) is 3.98. The predicted molar refractivity (Wildman–Crippen MR) is 72.8 cm³/mol. The topological polar surface area (TPSA) is 69.4 Å². The quantitative estimate of drug-likeness (QED) is 0.850. The fraction of sp³-hybridized carbons (Fsp3) is 0.143. The summed E-state index contributed by atoms with van der Waals surface area (Å²) in [5, 5.41) is 1.92. The monoisotopic (exact) mass is 275 g/mol. The Balaban J connectivity index is 1.84. The first-order valence-corrected chi connectivity index (χ1v) is 6.60. The van der Waals surface area contributed by atoms with Crippen molar-refractivity contribution in [2.24, 2.45) is 5.73 Å². The molecular weight excluding hydrogens is 262 g/mol. The first-order chi connectivity index (χ1) is 9.15. The molecule has 1 aromatic heterocycles. The highest BCUT2D eigenvalue weighted by atomic mass is 32.1. The van der Waals surface area contributed by atoms with Crippen LogP contribution in [-0.2, 0) is 22.6 Å². The highest BCUT2D eigenvalue weighted by Gasteiger charge is 2.06. The van der Waals surface area contributed by atoms with Crippen LogP contribution in [0.4, 0.5) is 0 Å². The second-order valence-corrected chi connectivity index (χ2v) is 5.01. The zero-order valence-electron chi connectivity index (χ0n) is 10.2. The Labute approximate surface area is 114 Å². The third kappa shape index (κ3) is 3.93. The van der Waals surface area contributed by atoms with Crippen LogP contribution in [-0.4, -0.2) is 11.9 Å². The van der Waals surface area contributed by atoms with Crippen molar-refractivity contribution in [3.05, 3.63) is 57.8 Å². The molecule has 0 saturated carbocycles. The summed E-state index contributed by atoms with van der Waals surface area (Å²) in [5.41, 5.74) is 6.40. The minimum Gasteiger partial charge on any atom is -0.461 e. The standard InChI is InChI=1S/C14H13NO3S/c15-14(17)11-5-3-10(4-6-11)9-18-13(16)8-12-2-1-7-19-12/h1-7H,8-9H2,(H2,15,17). The molecule has 0 saturated heterocycles. The molecule has 1 heterocycles. The molecule has 1 aromatic carbocycles. The van der Waals surface area contributed by atoms with Gasteiger partial charge < -0.3 is 10.5 Å². The van der Waals surface area contributed by atoms with Gasteiger partial charge in [-0.05, 0) is 29.1 Å². The molecule has 0 unspecified atom stereocenters. The number of carbonyl (C=O) groups excluding carboxylic acids is 2. The van der Waals surface area contributed by atoms with E-state index in [1.54, 1.807) is 24.3 Å². The average Bonchev–Trinajstić information content (AvgIpc) is 2.89. The van der Waals surface area contributed by atoms with Gasteiger partial charge in [0.05, 0.1) is 6.42 Å². The molecular formula is C14H13NO3S. The minimum absolute atomic E-state index is 0.198. The Kier molecular flexibility index (Phi) is 4.30. The van der Waals surface area contributed by atoms with Crippen molar-refractivity contribution in [1.29, 1.82) is 0 Å². The number of carbonyl (C=O) groups is 2. The number of thiophene rings is 1. The van der Waals surface area contributed by atoms with Crippen molar-refractivity contribution >= 4 is 23.2 Å². The molecule has 98 valence electrons. The van der Waals surface area contributed by atoms with E-state index in [0.717, 1.165) is 10.4 Å². The van der Waals surface area contributed by atoms with Crippen LogP contribution in [0.3, 0.4) is 0 Å². The molecule has 4 nitrogen and oxygen atoms in total. The fourth-order valence-electron chi connectivity index (χ4n) is 1.54. The summed E-state index contributed by atoms with van der Waals surface area (Å²) < 4.78 is 5.15. The maximum Gasteiger partial charge on any atom is 0.311 e. The molecule has 0 spiro atoms. The van der Waals surface area contributed by atoms with Crippen molar-refractivity contribution in [2.75, 3.05) is 0 Å². The van der Waals surface area contributed by atoms with Gasteiger partial charge in [-0.1, -0.05) is 18.2 Å². The number of rotatable bonds is 5. The van der Waals surface area contributed by atoms with E-state index in [-0.39, 0.29) is 19.0 Å². The van der Waals surface area contributed by atoms with Gasteiger partial charge in [0.25, 0.3) is 0 Å². The van der Waals surface area contributed by atoms with E-state index in [1.165, 1.54) is 11.3 Å². The SMILES string of the molecule is NC(=O)c1ccc(COC(=O)Cc2cccs2)cc1. The molecule has 2 N–H and O–H groups in total. The van der Waals surface area contributed by atoms with Gasteiger partial charge >= 0.3 is 5.97 Å². The van der Waals surface area contributed by atoms with Gasteiger partial charge in [-0.3, -0.25) is 9.59 Å². The molecule has 19 heavy (non-hydrogen) atoms. The first kappa shape index (κ1) is 13.3. The summed E-state index contributed by atoms with van der Waals surface area (Å²) in [7, 11) is 0. The van der Waals surface area contributed by atoms with Crippen LogP contribution in [0.25, 0.3) is 0 Å². The van der Waals surface area contributed by atoms with E-state index < -0.39 is 5.91 Å². The Morgan fingerprint density at radius 2 is 1.89 bits per heavy atom. The molecule has 0 bridgehead atoms. The zero-order valence-corrected chi connectivity index (χ0v) is 11.0. The summed E-state index contributed by atoms with van der Waals surface area (Å²) in [6.45, 7) is 0.198. The largest absolute Gasteiger partial charge is 0.461 e. The molecule has 0 atom stereocenters. The zero-order chi connectivity index (χ0) is 13.7. The van der Waals surface area contributed by atoms with Gasteiger partial charge in [-0.25, -0.2) is 0 Å². The second kappa shape index (κ2) is 6.15. The molecule has 0 aliphatic heterocycles. The number of esters is 1. The van der Waals surface area contributed by atoms with E-state index in [4.69, 9.17) is 10.5 Å². The van der Waals surface area contributed by atoms with Crippen LogP contribution in [0, 0.1) is 0 Å². The molecule has 0 radical (unpaired) electrons. The van der Waals surface area contributed by atoms with E-state index in [1.807, 2.05) is 17.5 Å². The number of amides is 1. The van der Waals surface area contributed by atoms with Gasteiger partial charge in [-0.15, -0.1) is 11.3 Å². The summed E-state index contributed by atoms with van der Waals surface area (Å²) >= 11 is 1.53. The number of hydrogen-bond donors (Lipinski definition) is 1. The molecule has 1 amide bonds. The number of benzene rings is 1. The van der Waals surface area contributed by atoms with Gasteiger partial charge in [-0.2, -0.15) is 0 Å². The third-order valence-electron chi connectivity index (χ3n) is 2.54. The normalized spacial score (nSPS) is 10.1. The molecule has 2 aromatic rings. The number of ether oxygens (including phenoxy) is 1. The lowest BCUT2D eigenvalue weighted by Gasteiger charge is -2.04. The highest BCUT2D eigenvalue weighted by Crippen LogP contribution is 2.11. The summed E-state index contributed by atoms with van der Waals surface area (Å²) in [4.78, 5) is 23.4. The van der Waals surface area contributed by atoms with Crippen LogP contribution in [0.2, 0.25) is 0 Å². The van der Waals surface area contributed by atoms with Gasteiger partial charge in [0.15, 0.2) is 0 Å². The van der Waals surface area contributed by atoms with E-state index in [2.05, 4.69) is 0 Å². The smallest absolute Gasteiger partial charge is 0.311 e. The van der Waals surface area contributed by atoms with Crippen LogP contribution in [0.1, 0.15) is 20.8 Å². The summed E-state index contributed by atoms with van der Waals surface area (Å²) in [6, 6.07) is 10.5. The average molecular weight is 275 g/mol. The van der Waals surface area contributed by atoms with Crippen LogP contribution in [0.15, 0.2) is 41.8 Å². The van der Waals surface area contributed by atoms with Gasteiger partial charge in [0.1, 0.15) is 6.61 Å². The maximum absolute atomic E-state index is 11.6. The Morgan fingerprint density at radius 3 is 2.47 bits per heavy atom. The van der Waals surface area contributed by atoms with Crippen molar-refractivity contribution in [3.63, 3.8) is 0 Å². The van der Waals surface area contributed by atoms with Crippen molar-refractivity contribution in [1.82, 2.24) is 0 Å². The maximum atomic E-state index is 11.6. The van der Waals surface area contributed by atoms with Crippen molar-refractivity contribution < 1.29 is 14.3 Å². The Hall–Kier alpha value is -2.14. The summed E-state index contributed by atoms with van der Waals surface area (Å²) in [5.74, 6) is -0.734. The predicted octanol–water partition coefficient (Wildman–Crippen LogP) is 2.13.